The summed E-state index contributed by atoms with van der Waals surface area (Å²) in [5, 5.41) is 28.8. The van der Waals surface area contributed by atoms with Gasteiger partial charge in [0.05, 0.1) is 34.1 Å². The van der Waals surface area contributed by atoms with E-state index >= 15 is 0 Å². The van der Waals surface area contributed by atoms with Crippen molar-refractivity contribution < 1.29 is 32.0 Å². The van der Waals surface area contributed by atoms with Crippen molar-refractivity contribution in [1.29, 1.82) is 0 Å². The van der Waals surface area contributed by atoms with Crippen LogP contribution < -0.4 is 15.2 Å². The number of nitrogens with zero attached hydrogens (tertiary/aromatic N) is 1. The molecule has 0 atom stereocenters. The van der Waals surface area contributed by atoms with Crippen LogP contribution in [-0.2, 0) is 20.0 Å². The van der Waals surface area contributed by atoms with E-state index in [2.05, 4.69) is 41.3 Å². The first-order chi connectivity index (χ1) is 16.3. The van der Waals surface area contributed by atoms with Crippen LogP contribution in [0.2, 0.25) is 0 Å². The summed E-state index contributed by atoms with van der Waals surface area (Å²) in [4.78, 5) is 9.80. The summed E-state index contributed by atoms with van der Waals surface area (Å²) in [6, 6.07) is 7.97. The van der Waals surface area contributed by atoms with E-state index in [9.17, 15) is 26.9 Å². The Kier molecular flexibility index (Phi) is 11.0. The minimum atomic E-state index is -3.98. The average molecular weight is 676 g/mol. The number of aliphatic hydroxyl groups excluding tert-OH is 2. The van der Waals surface area contributed by atoms with Gasteiger partial charge in [0.15, 0.2) is 0 Å². The number of non-ortho nitro benzene ring substituents is 1. The molecular formula is C20H28Br2N4O8S2. The Labute approximate surface area is 226 Å². The number of anilines is 1. The quantitative estimate of drug-likeness (QED) is 0.150. The van der Waals surface area contributed by atoms with Gasteiger partial charge in [-0.25, -0.2) is 26.3 Å². The number of benzene rings is 2. The van der Waals surface area contributed by atoms with Crippen LogP contribution in [0.25, 0.3) is 0 Å². The van der Waals surface area contributed by atoms with E-state index in [1.54, 1.807) is 26.0 Å². The number of nitro benzene ring substituents is 1. The van der Waals surface area contributed by atoms with Crippen LogP contribution in [0.5, 0.6) is 0 Å². The van der Waals surface area contributed by atoms with Gasteiger partial charge in [-0.05, 0) is 83.8 Å². The fourth-order valence-electron chi connectivity index (χ4n) is 2.44. The molecule has 0 saturated heterocycles. The summed E-state index contributed by atoms with van der Waals surface area (Å²) in [5.41, 5.74) is 3.59. The molecule has 0 heterocycles. The van der Waals surface area contributed by atoms with Gasteiger partial charge in [-0.3, -0.25) is 10.1 Å². The molecule has 0 radical (unpaired) electrons. The summed E-state index contributed by atoms with van der Waals surface area (Å²) < 4.78 is 53.7. The Hall–Kier alpha value is -1.66. The molecule has 12 nitrogen and oxygen atoms in total. The third-order valence-electron chi connectivity index (χ3n) is 4.27. The molecule has 16 heteroatoms. The van der Waals surface area contributed by atoms with Crippen molar-refractivity contribution in [2.75, 3.05) is 18.9 Å². The highest BCUT2D eigenvalue weighted by Crippen LogP contribution is 2.27. The molecule has 0 amide bonds. The zero-order valence-electron chi connectivity index (χ0n) is 19.8. The van der Waals surface area contributed by atoms with Crippen LogP contribution in [-0.4, -0.2) is 56.3 Å². The third kappa shape index (κ3) is 9.33. The molecule has 0 fully saturated rings. The second kappa shape index (κ2) is 12.3. The highest BCUT2D eigenvalue weighted by molar-refractivity contribution is 9.10. The van der Waals surface area contributed by atoms with Crippen molar-refractivity contribution >= 4 is 63.3 Å². The first-order valence-corrected chi connectivity index (χ1v) is 14.6. The maximum Gasteiger partial charge on any atom is 0.270 e. The van der Waals surface area contributed by atoms with Gasteiger partial charge < -0.3 is 15.9 Å². The molecule has 202 valence electrons. The SMILES string of the molecule is CC(C)(CO)NS(=O)(=O)c1cc(N)ccc1Br.CC(C)(CO)NS(=O)(=O)c1cc([N+](=O)[O-])ccc1Br. The van der Waals surface area contributed by atoms with Crippen LogP contribution in [0.1, 0.15) is 27.7 Å². The topological polar surface area (TPSA) is 202 Å². The highest BCUT2D eigenvalue weighted by atomic mass is 79.9. The first-order valence-electron chi connectivity index (χ1n) is 10.1. The van der Waals surface area contributed by atoms with Gasteiger partial charge in [-0.2, -0.15) is 0 Å². The van der Waals surface area contributed by atoms with Gasteiger partial charge in [0, 0.05) is 26.8 Å². The van der Waals surface area contributed by atoms with E-state index in [4.69, 9.17) is 15.9 Å². The first kappa shape index (κ1) is 32.4. The van der Waals surface area contributed by atoms with Crippen molar-refractivity contribution in [3.63, 3.8) is 0 Å². The molecule has 0 aliphatic carbocycles. The Bertz CT molecular complexity index is 1320. The van der Waals surface area contributed by atoms with E-state index in [1.807, 2.05) is 0 Å². The minimum absolute atomic E-state index is 0.0547. The molecule has 2 rings (SSSR count). The Morgan fingerprint density at radius 3 is 1.64 bits per heavy atom. The number of nitrogens with one attached hydrogen (secondary N) is 2. The monoisotopic (exact) mass is 674 g/mol. The lowest BCUT2D eigenvalue weighted by Gasteiger charge is -2.23. The van der Waals surface area contributed by atoms with Gasteiger partial charge in [-0.1, -0.05) is 0 Å². The summed E-state index contributed by atoms with van der Waals surface area (Å²) in [7, 11) is -7.70. The number of rotatable bonds is 9. The molecule has 0 unspecified atom stereocenters. The zero-order chi connectivity index (χ0) is 28.1. The number of aliphatic hydroxyl groups is 2. The molecule has 0 aromatic heterocycles. The zero-order valence-corrected chi connectivity index (χ0v) is 24.6. The lowest BCUT2D eigenvalue weighted by atomic mass is 10.1. The van der Waals surface area contributed by atoms with E-state index < -0.39 is 42.7 Å². The summed E-state index contributed by atoms with van der Waals surface area (Å²) in [6.07, 6.45) is 0. The molecule has 0 aliphatic heterocycles. The summed E-state index contributed by atoms with van der Waals surface area (Å²) >= 11 is 6.20. The summed E-state index contributed by atoms with van der Waals surface area (Å²) in [5.74, 6) is 0. The molecule has 0 bridgehead atoms. The number of halogens is 2. The Balaban J connectivity index is 0.000000362. The molecular weight excluding hydrogens is 648 g/mol. The van der Waals surface area contributed by atoms with E-state index in [0.29, 0.717) is 10.2 Å². The van der Waals surface area contributed by atoms with E-state index in [1.165, 1.54) is 32.0 Å². The minimum Gasteiger partial charge on any atom is -0.399 e. The fourth-order valence-corrected chi connectivity index (χ4v) is 7.23. The van der Waals surface area contributed by atoms with Gasteiger partial charge >= 0.3 is 0 Å². The maximum atomic E-state index is 12.1. The van der Waals surface area contributed by atoms with Crippen molar-refractivity contribution in [1.82, 2.24) is 9.44 Å². The van der Waals surface area contributed by atoms with Crippen LogP contribution in [0, 0.1) is 10.1 Å². The largest absolute Gasteiger partial charge is 0.399 e. The molecule has 0 aliphatic rings. The number of sulfonamides is 2. The van der Waals surface area contributed by atoms with Gasteiger partial charge in [0.25, 0.3) is 5.69 Å². The number of hydrogen-bond acceptors (Lipinski definition) is 9. The average Bonchev–Trinajstić information content (AvgIpc) is 2.74. The van der Waals surface area contributed by atoms with Crippen molar-refractivity contribution in [3.8, 4) is 0 Å². The van der Waals surface area contributed by atoms with Crippen LogP contribution >= 0.6 is 31.9 Å². The van der Waals surface area contributed by atoms with Gasteiger partial charge in [0.1, 0.15) is 4.90 Å². The number of hydrogen-bond donors (Lipinski definition) is 5. The van der Waals surface area contributed by atoms with Crippen molar-refractivity contribution in [3.05, 3.63) is 55.5 Å². The lowest BCUT2D eigenvalue weighted by Crippen LogP contribution is -2.46. The third-order valence-corrected chi connectivity index (χ3v) is 9.66. The second-order valence-electron chi connectivity index (χ2n) is 8.86. The Morgan fingerprint density at radius 1 is 0.861 bits per heavy atom. The molecule has 36 heavy (non-hydrogen) atoms. The maximum absolute atomic E-state index is 12.1. The van der Waals surface area contributed by atoms with Gasteiger partial charge in [-0.15, -0.1) is 0 Å². The number of nitro groups is 1. The molecule has 2 aromatic carbocycles. The normalized spacial score (nSPS) is 12.6. The van der Waals surface area contributed by atoms with Crippen LogP contribution in [0.3, 0.4) is 0 Å². The number of nitrogen functional groups attached to an aromatic ring is 1. The highest BCUT2D eigenvalue weighted by Gasteiger charge is 2.29. The van der Waals surface area contributed by atoms with E-state index in [0.717, 1.165) is 6.07 Å². The fraction of sp³-hybridized carbons (Fsp3) is 0.400. The Morgan fingerprint density at radius 2 is 1.25 bits per heavy atom. The summed E-state index contributed by atoms with van der Waals surface area (Å²) in [6.45, 7) is 5.46. The lowest BCUT2D eigenvalue weighted by molar-refractivity contribution is -0.385. The van der Waals surface area contributed by atoms with Crippen LogP contribution in [0.15, 0.2) is 55.1 Å². The molecule has 6 N–H and O–H groups in total. The smallest absolute Gasteiger partial charge is 0.270 e. The molecule has 0 saturated carbocycles. The van der Waals surface area contributed by atoms with Crippen molar-refractivity contribution in [2.45, 2.75) is 48.6 Å². The van der Waals surface area contributed by atoms with Crippen molar-refractivity contribution in [2.24, 2.45) is 0 Å². The predicted molar refractivity (Wildman–Crippen MR) is 142 cm³/mol. The predicted octanol–water partition coefficient (Wildman–Crippen LogP) is 2.49. The van der Waals surface area contributed by atoms with Gasteiger partial charge in [0.2, 0.25) is 20.0 Å². The standard InChI is InChI=1S/C10H13BrN2O5S.C10H15BrN2O3S/c1-10(2,6-14)12-19(17,18)9-5-7(13(15)16)3-4-8(9)11;1-10(2,6-14)13-17(15,16)9-5-7(12)3-4-8(9)11/h3-5,12,14H,6H2,1-2H3;3-5,13-14H,6,12H2,1-2H3. The number of nitrogens with two attached hydrogens (primary N) is 1. The van der Waals surface area contributed by atoms with E-state index in [-0.39, 0.29) is 26.6 Å². The molecule has 0 spiro atoms. The van der Waals surface area contributed by atoms with Crippen LogP contribution in [0.4, 0.5) is 11.4 Å². The second-order valence-corrected chi connectivity index (χ2v) is 13.9. The molecule has 2 aromatic rings.